The minimum atomic E-state index is -0.294. The summed E-state index contributed by atoms with van der Waals surface area (Å²) in [7, 11) is 0. The number of ether oxygens (including phenoxy) is 1. The van der Waals surface area contributed by atoms with Crippen LogP contribution in [0.2, 0.25) is 0 Å². The molecule has 100 valence electrons. The lowest BCUT2D eigenvalue weighted by molar-refractivity contribution is 0.0526. The van der Waals surface area contributed by atoms with E-state index in [0.29, 0.717) is 18.0 Å². The summed E-state index contributed by atoms with van der Waals surface area (Å²) in [5.41, 5.74) is 9.31. The number of nitrogen functional groups attached to an aromatic ring is 1. The number of H-pyrrole nitrogens is 1. The van der Waals surface area contributed by atoms with E-state index in [-0.39, 0.29) is 5.97 Å². The maximum atomic E-state index is 11.8. The van der Waals surface area contributed by atoms with Gasteiger partial charge in [-0.2, -0.15) is 5.10 Å². The first-order valence-electron chi connectivity index (χ1n) is 6.41. The number of carbonyl (C=O) groups excluding carboxylic acids is 1. The van der Waals surface area contributed by atoms with Crippen LogP contribution in [-0.2, 0) is 17.7 Å². The Bertz CT molecular complexity index is 627. The van der Waals surface area contributed by atoms with Crippen LogP contribution in [0.15, 0.2) is 12.3 Å². The number of fused-ring (bicyclic) bond motifs is 3. The van der Waals surface area contributed by atoms with Gasteiger partial charge in [-0.15, -0.1) is 0 Å². The summed E-state index contributed by atoms with van der Waals surface area (Å²) in [4.78, 5) is 11.8. The molecule has 3 heterocycles. The number of hydrogen-bond acceptors (Lipinski definition) is 4. The van der Waals surface area contributed by atoms with Gasteiger partial charge in [0.15, 0.2) is 0 Å². The molecule has 0 aliphatic carbocycles. The predicted octanol–water partition coefficient (Wildman–Crippen LogP) is 1.58. The Morgan fingerprint density at radius 3 is 3.26 bits per heavy atom. The fraction of sp³-hybridized carbons (Fsp3) is 0.385. The lowest BCUT2D eigenvalue weighted by Gasteiger charge is -2.02. The summed E-state index contributed by atoms with van der Waals surface area (Å²) in [6.07, 6.45) is 3.70. The first kappa shape index (κ1) is 11.8. The summed E-state index contributed by atoms with van der Waals surface area (Å²) in [6.45, 7) is 3.03. The Kier molecular flexibility index (Phi) is 2.77. The average Bonchev–Trinajstić information content (AvgIpc) is 2.91. The number of nitrogens with two attached hydrogens (primary N) is 1. The molecule has 0 saturated carbocycles. The summed E-state index contributed by atoms with van der Waals surface area (Å²) < 4.78 is 7.08. The molecule has 0 fully saturated rings. The van der Waals surface area contributed by atoms with Gasteiger partial charge < -0.3 is 15.0 Å². The molecule has 0 atom stereocenters. The van der Waals surface area contributed by atoms with E-state index in [1.165, 1.54) is 0 Å². The molecule has 0 aromatic carbocycles. The van der Waals surface area contributed by atoms with Crippen LogP contribution in [0.1, 0.15) is 29.3 Å². The summed E-state index contributed by atoms with van der Waals surface area (Å²) in [5, 5.41) is 7.01. The molecule has 1 aliphatic rings. The van der Waals surface area contributed by atoms with Crippen LogP contribution in [0.4, 0.5) is 5.82 Å². The van der Waals surface area contributed by atoms with Gasteiger partial charge in [-0.1, -0.05) is 0 Å². The van der Waals surface area contributed by atoms with Crippen molar-refractivity contribution in [2.45, 2.75) is 26.3 Å². The second kappa shape index (κ2) is 4.46. The lowest BCUT2D eigenvalue weighted by Crippen LogP contribution is -2.03. The van der Waals surface area contributed by atoms with Crippen LogP contribution in [0.25, 0.3) is 11.4 Å². The molecule has 6 nitrogen and oxygen atoms in total. The van der Waals surface area contributed by atoms with E-state index in [1.807, 2.05) is 12.3 Å². The number of carbonyl (C=O) groups is 1. The van der Waals surface area contributed by atoms with Gasteiger partial charge in [-0.25, -0.2) is 4.79 Å². The molecule has 2 aromatic heterocycles. The number of aryl methyl sites for hydroxylation is 1. The zero-order valence-corrected chi connectivity index (χ0v) is 10.8. The monoisotopic (exact) mass is 260 g/mol. The number of nitrogens with zero attached hydrogens (tertiary/aromatic N) is 2. The van der Waals surface area contributed by atoms with Gasteiger partial charge in [0.1, 0.15) is 5.82 Å². The van der Waals surface area contributed by atoms with Crippen molar-refractivity contribution in [1.82, 2.24) is 14.8 Å². The van der Waals surface area contributed by atoms with E-state index in [0.717, 1.165) is 36.3 Å². The van der Waals surface area contributed by atoms with Crippen LogP contribution in [0.3, 0.4) is 0 Å². The molecule has 0 bridgehead atoms. The van der Waals surface area contributed by atoms with Crippen molar-refractivity contribution in [1.29, 1.82) is 0 Å². The number of rotatable bonds is 2. The van der Waals surface area contributed by atoms with Crippen LogP contribution in [0.5, 0.6) is 0 Å². The highest BCUT2D eigenvalue weighted by Gasteiger charge is 2.22. The summed E-state index contributed by atoms with van der Waals surface area (Å²) in [5.74, 6) is 0.249. The van der Waals surface area contributed by atoms with Crippen LogP contribution in [0, 0.1) is 0 Å². The van der Waals surface area contributed by atoms with Crippen molar-refractivity contribution in [3.05, 3.63) is 23.4 Å². The number of hydrogen-bond donors (Lipinski definition) is 2. The summed E-state index contributed by atoms with van der Waals surface area (Å²) in [6, 6.07) is 1.83. The third-order valence-electron chi connectivity index (χ3n) is 3.39. The Morgan fingerprint density at radius 1 is 1.63 bits per heavy atom. The second-order valence-electron chi connectivity index (χ2n) is 4.59. The highest BCUT2D eigenvalue weighted by molar-refractivity contribution is 5.91. The smallest absolute Gasteiger partial charge is 0.339 e. The summed E-state index contributed by atoms with van der Waals surface area (Å²) >= 11 is 0. The van der Waals surface area contributed by atoms with Crippen molar-refractivity contribution in [3.8, 4) is 11.4 Å². The molecular formula is C13H16N4O2. The minimum Gasteiger partial charge on any atom is -0.462 e. The molecule has 0 unspecified atom stereocenters. The molecule has 3 rings (SSSR count). The van der Waals surface area contributed by atoms with Gasteiger partial charge in [0.25, 0.3) is 0 Å². The molecule has 3 N–H and O–H groups in total. The van der Waals surface area contributed by atoms with Gasteiger partial charge in [0, 0.05) is 18.3 Å². The highest BCUT2D eigenvalue weighted by Crippen LogP contribution is 2.31. The molecule has 0 radical (unpaired) electrons. The Hall–Kier alpha value is -2.24. The molecule has 0 spiro atoms. The molecule has 6 heteroatoms. The van der Waals surface area contributed by atoms with Crippen molar-refractivity contribution in [2.75, 3.05) is 12.3 Å². The molecule has 0 saturated heterocycles. The molecule has 0 amide bonds. The van der Waals surface area contributed by atoms with E-state index in [1.54, 1.807) is 6.92 Å². The van der Waals surface area contributed by atoms with E-state index in [9.17, 15) is 4.79 Å². The van der Waals surface area contributed by atoms with E-state index in [2.05, 4.69) is 14.8 Å². The van der Waals surface area contributed by atoms with Crippen molar-refractivity contribution in [2.24, 2.45) is 0 Å². The van der Waals surface area contributed by atoms with Gasteiger partial charge in [0.05, 0.1) is 23.6 Å². The second-order valence-corrected chi connectivity index (χ2v) is 4.59. The first-order chi connectivity index (χ1) is 9.20. The van der Waals surface area contributed by atoms with E-state index in [4.69, 9.17) is 10.5 Å². The topological polar surface area (TPSA) is 85.9 Å². The fourth-order valence-electron chi connectivity index (χ4n) is 2.50. The first-order valence-corrected chi connectivity index (χ1v) is 6.41. The van der Waals surface area contributed by atoms with Gasteiger partial charge in [-0.05, 0) is 25.8 Å². The minimum absolute atomic E-state index is 0.294. The fourth-order valence-corrected chi connectivity index (χ4v) is 2.50. The van der Waals surface area contributed by atoms with Crippen LogP contribution in [-0.4, -0.2) is 27.3 Å². The number of nitrogens with one attached hydrogen (secondary N) is 1. The Balaban J connectivity index is 2.06. The third kappa shape index (κ3) is 1.89. The van der Waals surface area contributed by atoms with Gasteiger partial charge >= 0.3 is 5.97 Å². The molecular weight excluding hydrogens is 244 g/mol. The molecule has 2 aromatic rings. The van der Waals surface area contributed by atoms with E-state index >= 15 is 0 Å². The Labute approximate surface area is 110 Å². The van der Waals surface area contributed by atoms with Crippen LogP contribution >= 0.6 is 0 Å². The maximum absolute atomic E-state index is 11.8. The normalized spacial score (nSPS) is 13.5. The zero-order chi connectivity index (χ0) is 13.4. The van der Waals surface area contributed by atoms with Crippen LogP contribution < -0.4 is 5.73 Å². The number of esters is 1. The highest BCUT2D eigenvalue weighted by atomic mass is 16.5. The van der Waals surface area contributed by atoms with Crippen molar-refractivity contribution >= 4 is 11.8 Å². The number of anilines is 1. The largest absolute Gasteiger partial charge is 0.462 e. The maximum Gasteiger partial charge on any atom is 0.339 e. The van der Waals surface area contributed by atoms with Gasteiger partial charge in [-0.3, -0.25) is 5.10 Å². The lowest BCUT2D eigenvalue weighted by atomic mass is 10.1. The Morgan fingerprint density at radius 2 is 2.47 bits per heavy atom. The standard InChI is InChI=1S/C13H16N4O2/c1-2-19-13(18)8-6-10-11-9(12(14)16-15-11)4-3-5-17(10)7-8/h6-7H,2-5H2,1H3,(H3,14,15,16). The molecule has 1 aliphatic heterocycles. The number of aromatic amines is 1. The SMILES string of the molecule is CCOC(=O)c1cc2n(c1)CCCc1c(N)n[nH]c1-2. The number of aromatic nitrogens is 3. The molecule has 19 heavy (non-hydrogen) atoms. The average molecular weight is 260 g/mol. The predicted molar refractivity (Wildman–Crippen MR) is 70.7 cm³/mol. The van der Waals surface area contributed by atoms with Crippen molar-refractivity contribution in [3.63, 3.8) is 0 Å². The zero-order valence-electron chi connectivity index (χ0n) is 10.8. The quantitative estimate of drug-likeness (QED) is 0.803. The van der Waals surface area contributed by atoms with Crippen molar-refractivity contribution < 1.29 is 9.53 Å². The van der Waals surface area contributed by atoms with Gasteiger partial charge in [0.2, 0.25) is 0 Å². The third-order valence-corrected chi connectivity index (χ3v) is 3.39. The van der Waals surface area contributed by atoms with E-state index < -0.39 is 0 Å².